The molecule has 0 aromatic heterocycles. The third kappa shape index (κ3) is 5.46. The first-order valence-corrected chi connectivity index (χ1v) is 7.71. The Morgan fingerprint density at radius 3 is 2.14 bits per heavy atom. The largest absolute Gasteiger partial charge is 0.496 e. The molecule has 1 fully saturated rings. The molecule has 117 valence electrons. The molecule has 0 bridgehead atoms. The topological polar surface area (TPSA) is 30.9 Å². The molecule has 0 amide bonds. The van der Waals surface area contributed by atoms with Gasteiger partial charge in [-0.15, -0.1) is 0 Å². The van der Waals surface area contributed by atoms with E-state index in [9.17, 15) is 0 Å². The van der Waals surface area contributed by atoms with Crippen molar-refractivity contribution < 1.29 is 14.2 Å². The van der Waals surface area contributed by atoms with Crippen LogP contribution in [-0.2, 0) is 0 Å². The smallest absolute Gasteiger partial charge is 0.126 e. The average Bonchev–Trinajstić information content (AvgIpc) is 2.55. The summed E-state index contributed by atoms with van der Waals surface area (Å²) in [6.45, 7) is 4.34. The molecule has 1 aromatic rings. The van der Waals surface area contributed by atoms with Gasteiger partial charge in [-0.05, 0) is 51.7 Å². The third-order valence-electron chi connectivity index (χ3n) is 3.76. The predicted octanol–water partition coefficient (Wildman–Crippen LogP) is 3.16. The fourth-order valence-corrected chi connectivity index (χ4v) is 2.52. The van der Waals surface area contributed by atoms with E-state index in [1.165, 1.54) is 38.9 Å². The van der Waals surface area contributed by atoms with Crippen molar-refractivity contribution in [1.29, 1.82) is 0 Å². The van der Waals surface area contributed by atoms with Crippen LogP contribution in [0.5, 0.6) is 17.2 Å². The zero-order chi connectivity index (χ0) is 14.9. The highest BCUT2D eigenvalue weighted by Gasteiger charge is 2.09. The molecule has 21 heavy (non-hydrogen) atoms. The van der Waals surface area contributed by atoms with Crippen molar-refractivity contribution >= 4 is 0 Å². The van der Waals surface area contributed by atoms with Gasteiger partial charge in [0.05, 0.1) is 20.8 Å². The van der Waals surface area contributed by atoms with Crippen LogP contribution < -0.4 is 14.2 Å². The lowest BCUT2D eigenvalue weighted by atomic mass is 10.1. The molecular formula is C17H26NO3. The predicted molar refractivity (Wildman–Crippen MR) is 84.2 cm³/mol. The number of hydrogen-bond donors (Lipinski definition) is 0. The summed E-state index contributed by atoms with van der Waals surface area (Å²) in [6.07, 6.45) is 7.11. The summed E-state index contributed by atoms with van der Waals surface area (Å²) in [6, 6.07) is 5.63. The molecule has 0 saturated carbocycles. The lowest BCUT2D eigenvalue weighted by Crippen LogP contribution is -2.30. The summed E-state index contributed by atoms with van der Waals surface area (Å²) >= 11 is 0. The first-order valence-electron chi connectivity index (χ1n) is 7.71. The Morgan fingerprint density at radius 1 is 0.905 bits per heavy atom. The van der Waals surface area contributed by atoms with E-state index in [1.807, 2.05) is 18.2 Å². The zero-order valence-corrected chi connectivity index (χ0v) is 13.1. The van der Waals surface area contributed by atoms with E-state index in [1.54, 1.807) is 14.2 Å². The van der Waals surface area contributed by atoms with Gasteiger partial charge in [0.15, 0.2) is 0 Å². The molecule has 0 aliphatic carbocycles. The van der Waals surface area contributed by atoms with Crippen molar-refractivity contribution in [3.05, 3.63) is 24.6 Å². The molecule has 1 aliphatic rings. The summed E-state index contributed by atoms with van der Waals surface area (Å²) in [5, 5.41) is 0. The van der Waals surface area contributed by atoms with Gasteiger partial charge in [0.25, 0.3) is 0 Å². The van der Waals surface area contributed by atoms with Gasteiger partial charge in [-0.1, -0.05) is 0 Å². The van der Waals surface area contributed by atoms with E-state index >= 15 is 0 Å². The monoisotopic (exact) mass is 292 g/mol. The standard InChI is InChI=1S/C17H26NO3/c1-19-15-12-16(20-2)14-17(13-15)21-11-7-6-10-18-8-4-3-5-9-18/h3,12-14H,4-11H2,1-2H3. The Kier molecular flexibility index (Phi) is 6.67. The average molecular weight is 292 g/mol. The fourth-order valence-electron chi connectivity index (χ4n) is 2.52. The summed E-state index contributed by atoms with van der Waals surface area (Å²) < 4.78 is 16.3. The van der Waals surface area contributed by atoms with E-state index < -0.39 is 0 Å². The molecule has 1 aromatic carbocycles. The molecule has 0 spiro atoms. The van der Waals surface area contributed by atoms with Crippen LogP contribution in [-0.4, -0.2) is 45.4 Å². The SMILES string of the molecule is COc1cc(OC)cc(OCCCCN2CC[CH]CC2)c1. The molecule has 1 saturated heterocycles. The zero-order valence-electron chi connectivity index (χ0n) is 13.1. The number of unbranched alkanes of at least 4 members (excludes halogenated alkanes) is 1. The molecule has 1 radical (unpaired) electrons. The highest BCUT2D eigenvalue weighted by atomic mass is 16.5. The van der Waals surface area contributed by atoms with Crippen LogP contribution in [0.4, 0.5) is 0 Å². The summed E-state index contributed by atoms with van der Waals surface area (Å²) in [7, 11) is 3.29. The Bertz CT molecular complexity index is 394. The Hall–Kier alpha value is -1.42. The first kappa shape index (κ1) is 16.0. The van der Waals surface area contributed by atoms with Crippen molar-refractivity contribution in [2.45, 2.75) is 25.7 Å². The maximum atomic E-state index is 5.80. The van der Waals surface area contributed by atoms with Crippen LogP contribution in [0, 0.1) is 6.42 Å². The fraction of sp³-hybridized carbons (Fsp3) is 0.588. The van der Waals surface area contributed by atoms with Crippen LogP contribution in [0.3, 0.4) is 0 Å². The van der Waals surface area contributed by atoms with Crippen molar-refractivity contribution in [1.82, 2.24) is 4.90 Å². The van der Waals surface area contributed by atoms with Crippen molar-refractivity contribution in [2.24, 2.45) is 0 Å². The summed E-state index contributed by atoms with van der Waals surface area (Å²) in [5.41, 5.74) is 0. The summed E-state index contributed by atoms with van der Waals surface area (Å²) in [5.74, 6) is 2.32. The van der Waals surface area contributed by atoms with E-state index in [-0.39, 0.29) is 0 Å². The molecule has 0 atom stereocenters. The van der Waals surface area contributed by atoms with Crippen LogP contribution in [0.15, 0.2) is 18.2 Å². The molecule has 4 nitrogen and oxygen atoms in total. The number of rotatable bonds is 8. The normalized spacial score (nSPS) is 15.7. The van der Waals surface area contributed by atoms with Gasteiger partial charge < -0.3 is 19.1 Å². The second kappa shape index (κ2) is 8.78. The molecule has 1 aliphatic heterocycles. The number of ether oxygens (including phenoxy) is 3. The van der Waals surface area contributed by atoms with Gasteiger partial charge in [0.2, 0.25) is 0 Å². The lowest BCUT2D eigenvalue weighted by Gasteiger charge is -2.26. The maximum absolute atomic E-state index is 5.80. The van der Waals surface area contributed by atoms with E-state index in [0.29, 0.717) is 0 Å². The third-order valence-corrected chi connectivity index (χ3v) is 3.76. The number of likely N-dealkylation sites (tertiary alicyclic amines) is 1. The quantitative estimate of drug-likeness (QED) is 0.689. The number of benzene rings is 1. The molecular weight excluding hydrogens is 266 g/mol. The highest BCUT2D eigenvalue weighted by Crippen LogP contribution is 2.27. The van der Waals surface area contributed by atoms with Crippen molar-refractivity contribution in [2.75, 3.05) is 40.5 Å². The Morgan fingerprint density at radius 2 is 1.52 bits per heavy atom. The van der Waals surface area contributed by atoms with Gasteiger partial charge in [-0.25, -0.2) is 0 Å². The minimum atomic E-state index is 0.732. The van der Waals surface area contributed by atoms with Crippen molar-refractivity contribution in [3.8, 4) is 17.2 Å². The second-order valence-corrected chi connectivity index (χ2v) is 5.31. The minimum absolute atomic E-state index is 0.732. The van der Waals surface area contributed by atoms with Crippen LogP contribution >= 0.6 is 0 Å². The second-order valence-electron chi connectivity index (χ2n) is 5.31. The van der Waals surface area contributed by atoms with Crippen LogP contribution in [0.1, 0.15) is 25.7 Å². The molecule has 0 unspecified atom stereocenters. The Balaban J connectivity index is 1.68. The number of piperidine rings is 1. The lowest BCUT2D eigenvalue weighted by molar-refractivity contribution is 0.235. The number of nitrogens with zero attached hydrogens (tertiary/aromatic N) is 1. The van der Waals surface area contributed by atoms with Gasteiger partial charge >= 0.3 is 0 Å². The van der Waals surface area contributed by atoms with Gasteiger partial charge in [0.1, 0.15) is 17.2 Å². The van der Waals surface area contributed by atoms with Crippen LogP contribution in [0.25, 0.3) is 0 Å². The van der Waals surface area contributed by atoms with Gasteiger partial charge in [-0.2, -0.15) is 0 Å². The molecule has 4 heteroatoms. The molecule has 0 N–H and O–H groups in total. The summed E-state index contributed by atoms with van der Waals surface area (Å²) in [4.78, 5) is 2.54. The maximum Gasteiger partial charge on any atom is 0.126 e. The number of methoxy groups -OCH3 is 2. The van der Waals surface area contributed by atoms with Gasteiger partial charge in [0, 0.05) is 18.2 Å². The van der Waals surface area contributed by atoms with E-state index in [4.69, 9.17) is 14.2 Å². The van der Waals surface area contributed by atoms with Crippen molar-refractivity contribution in [3.63, 3.8) is 0 Å². The highest BCUT2D eigenvalue weighted by molar-refractivity contribution is 5.41. The first-order chi connectivity index (χ1) is 10.3. The van der Waals surface area contributed by atoms with Crippen LogP contribution in [0.2, 0.25) is 0 Å². The minimum Gasteiger partial charge on any atom is -0.496 e. The Labute approximate surface area is 128 Å². The van der Waals surface area contributed by atoms with E-state index in [2.05, 4.69) is 11.3 Å². The van der Waals surface area contributed by atoms with E-state index in [0.717, 1.165) is 30.3 Å². The number of hydrogen-bond acceptors (Lipinski definition) is 4. The molecule has 1 heterocycles. The van der Waals surface area contributed by atoms with Gasteiger partial charge in [-0.3, -0.25) is 0 Å². The molecule has 2 rings (SSSR count).